The van der Waals surface area contributed by atoms with Crippen LogP contribution in [-0.2, 0) is 0 Å². The lowest BCUT2D eigenvalue weighted by Gasteiger charge is -2.29. The van der Waals surface area contributed by atoms with Gasteiger partial charge in [-0.05, 0) is 36.8 Å². The van der Waals surface area contributed by atoms with Crippen LogP contribution in [0.3, 0.4) is 0 Å². The first-order chi connectivity index (χ1) is 9.74. The topological polar surface area (TPSA) is 27.6 Å². The van der Waals surface area contributed by atoms with Crippen molar-refractivity contribution in [3.63, 3.8) is 0 Å². The quantitative estimate of drug-likeness (QED) is 0.857. The summed E-state index contributed by atoms with van der Waals surface area (Å²) in [7, 11) is 0. The van der Waals surface area contributed by atoms with Gasteiger partial charge >= 0.3 is 0 Å². The average molecular weight is 281 g/mol. The molecule has 0 aromatic heterocycles. The van der Waals surface area contributed by atoms with Crippen molar-refractivity contribution >= 4 is 28.9 Å². The molecule has 3 nitrogen and oxygen atoms in total. The van der Waals surface area contributed by atoms with Crippen molar-refractivity contribution in [3.8, 4) is 0 Å². The summed E-state index contributed by atoms with van der Waals surface area (Å²) in [5, 5.41) is 3.89. The van der Waals surface area contributed by atoms with Crippen molar-refractivity contribution in [2.24, 2.45) is 4.99 Å². The number of aryl methyl sites for hydroxylation is 1. The second-order valence-electron chi connectivity index (χ2n) is 4.71. The number of hydrogen-bond acceptors (Lipinski definition) is 2. The van der Waals surface area contributed by atoms with E-state index in [1.54, 1.807) is 0 Å². The molecular formula is C16H15N3S. The van der Waals surface area contributed by atoms with Crippen LogP contribution in [0.25, 0.3) is 0 Å². The molecule has 0 radical (unpaired) electrons. The van der Waals surface area contributed by atoms with Gasteiger partial charge in [-0.3, -0.25) is 4.90 Å². The van der Waals surface area contributed by atoms with Gasteiger partial charge in [0.1, 0.15) is 12.5 Å². The molecule has 0 spiro atoms. The molecule has 0 aliphatic carbocycles. The highest BCUT2D eigenvalue weighted by Gasteiger charge is 2.19. The number of benzene rings is 2. The van der Waals surface area contributed by atoms with E-state index >= 15 is 0 Å². The Morgan fingerprint density at radius 2 is 1.90 bits per heavy atom. The van der Waals surface area contributed by atoms with Gasteiger partial charge in [0.25, 0.3) is 0 Å². The van der Waals surface area contributed by atoms with Gasteiger partial charge < -0.3 is 5.32 Å². The maximum atomic E-state index is 5.46. The van der Waals surface area contributed by atoms with Gasteiger partial charge in [-0.25, -0.2) is 4.99 Å². The zero-order valence-corrected chi connectivity index (χ0v) is 12.0. The first kappa shape index (κ1) is 12.8. The number of rotatable bonds is 2. The summed E-state index contributed by atoms with van der Waals surface area (Å²) in [4.78, 5) is 6.58. The predicted octanol–water partition coefficient (Wildman–Crippen LogP) is 3.09. The minimum atomic E-state index is 0.541. The third-order valence-corrected chi connectivity index (χ3v) is 3.52. The lowest BCUT2D eigenvalue weighted by molar-refractivity contribution is 0.956. The fourth-order valence-corrected chi connectivity index (χ4v) is 2.43. The SMILES string of the molecule is Cc1cccc(N2CN=C(c3ccccc3)NC2=S)c1. The Kier molecular flexibility index (Phi) is 3.48. The van der Waals surface area contributed by atoms with Crippen LogP contribution in [0.2, 0.25) is 0 Å². The molecule has 2 aromatic rings. The van der Waals surface area contributed by atoms with Crippen LogP contribution in [0.15, 0.2) is 59.6 Å². The highest BCUT2D eigenvalue weighted by atomic mass is 32.1. The summed E-state index contributed by atoms with van der Waals surface area (Å²) < 4.78 is 0. The summed E-state index contributed by atoms with van der Waals surface area (Å²) in [5.74, 6) is 0.833. The van der Waals surface area contributed by atoms with Crippen LogP contribution in [-0.4, -0.2) is 17.6 Å². The first-order valence-electron chi connectivity index (χ1n) is 6.49. The smallest absolute Gasteiger partial charge is 0.180 e. The average Bonchev–Trinajstić information content (AvgIpc) is 2.48. The Balaban J connectivity index is 1.86. The lowest BCUT2D eigenvalue weighted by atomic mass is 10.2. The second kappa shape index (κ2) is 5.43. The molecule has 0 saturated heterocycles. The van der Waals surface area contributed by atoms with E-state index < -0.39 is 0 Å². The number of nitrogens with zero attached hydrogens (tertiary/aromatic N) is 2. The zero-order chi connectivity index (χ0) is 13.9. The number of thiocarbonyl (C=S) groups is 1. The number of nitrogens with one attached hydrogen (secondary N) is 1. The summed E-state index contributed by atoms with van der Waals surface area (Å²) in [6, 6.07) is 18.3. The number of amidine groups is 1. The first-order valence-corrected chi connectivity index (χ1v) is 6.90. The fourth-order valence-electron chi connectivity index (χ4n) is 2.17. The van der Waals surface area contributed by atoms with Crippen molar-refractivity contribution in [3.05, 3.63) is 65.7 Å². The third-order valence-electron chi connectivity index (χ3n) is 3.20. The van der Waals surface area contributed by atoms with Crippen LogP contribution >= 0.6 is 12.2 Å². The summed E-state index contributed by atoms with van der Waals surface area (Å²) in [6.45, 7) is 2.61. The number of hydrogen-bond donors (Lipinski definition) is 1. The molecule has 0 bridgehead atoms. The minimum Gasteiger partial charge on any atom is -0.317 e. The van der Waals surface area contributed by atoms with Crippen LogP contribution in [0, 0.1) is 6.92 Å². The van der Waals surface area contributed by atoms with E-state index in [0.717, 1.165) is 17.1 Å². The molecule has 2 aromatic carbocycles. The predicted molar refractivity (Wildman–Crippen MR) is 87.2 cm³/mol. The zero-order valence-electron chi connectivity index (χ0n) is 11.2. The molecule has 1 aliphatic rings. The van der Waals surface area contributed by atoms with Gasteiger partial charge in [0.15, 0.2) is 5.11 Å². The van der Waals surface area contributed by atoms with Gasteiger partial charge in [-0.2, -0.15) is 0 Å². The molecule has 100 valence electrons. The van der Waals surface area contributed by atoms with Gasteiger partial charge in [-0.1, -0.05) is 42.5 Å². The molecule has 1 N–H and O–H groups in total. The van der Waals surface area contributed by atoms with Crippen molar-refractivity contribution in [1.82, 2.24) is 5.32 Å². The maximum Gasteiger partial charge on any atom is 0.180 e. The maximum absolute atomic E-state index is 5.46. The van der Waals surface area contributed by atoms with E-state index in [9.17, 15) is 0 Å². The van der Waals surface area contributed by atoms with E-state index in [2.05, 4.69) is 29.4 Å². The largest absolute Gasteiger partial charge is 0.317 e. The Hall–Kier alpha value is -2.20. The highest BCUT2D eigenvalue weighted by molar-refractivity contribution is 7.80. The van der Waals surface area contributed by atoms with E-state index in [4.69, 9.17) is 12.2 Å². The Bertz CT molecular complexity index is 664. The molecule has 1 heterocycles. The monoisotopic (exact) mass is 281 g/mol. The van der Waals surface area contributed by atoms with Crippen LogP contribution in [0.1, 0.15) is 11.1 Å². The molecule has 3 rings (SSSR count). The summed E-state index contributed by atoms with van der Waals surface area (Å²) in [6.07, 6.45) is 0. The van der Waals surface area contributed by atoms with Crippen molar-refractivity contribution in [2.45, 2.75) is 6.92 Å². The van der Waals surface area contributed by atoms with Gasteiger partial charge in [0, 0.05) is 11.3 Å². The van der Waals surface area contributed by atoms with E-state index in [0.29, 0.717) is 11.8 Å². The Morgan fingerprint density at radius 1 is 1.10 bits per heavy atom. The molecular weight excluding hydrogens is 266 g/mol. The molecule has 0 amide bonds. The number of aliphatic imine (C=N–C) groups is 1. The third kappa shape index (κ3) is 2.56. The van der Waals surface area contributed by atoms with Gasteiger partial charge in [-0.15, -0.1) is 0 Å². The molecule has 0 saturated carbocycles. The van der Waals surface area contributed by atoms with E-state index in [1.165, 1.54) is 5.56 Å². The second-order valence-corrected chi connectivity index (χ2v) is 5.10. The van der Waals surface area contributed by atoms with Crippen LogP contribution in [0.5, 0.6) is 0 Å². The van der Waals surface area contributed by atoms with Crippen molar-refractivity contribution in [1.29, 1.82) is 0 Å². The summed E-state index contributed by atoms with van der Waals surface area (Å²) in [5.41, 5.74) is 3.33. The standard InChI is InChI=1S/C16H15N3S/c1-12-6-5-9-14(10-12)19-11-17-15(18-16(19)20)13-7-3-2-4-8-13/h2-10H,11H2,1H3,(H,17,18,20). The van der Waals surface area contributed by atoms with Crippen molar-refractivity contribution in [2.75, 3.05) is 11.6 Å². The van der Waals surface area contributed by atoms with Crippen LogP contribution in [0.4, 0.5) is 5.69 Å². The minimum absolute atomic E-state index is 0.541. The van der Waals surface area contributed by atoms with E-state index in [-0.39, 0.29) is 0 Å². The van der Waals surface area contributed by atoms with Crippen LogP contribution < -0.4 is 10.2 Å². The highest BCUT2D eigenvalue weighted by Crippen LogP contribution is 2.18. The molecule has 4 heteroatoms. The molecule has 1 aliphatic heterocycles. The van der Waals surface area contributed by atoms with Gasteiger partial charge in [0.2, 0.25) is 0 Å². The van der Waals surface area contributed by atoms with Gasteiger partial charge in [0.05, 0.1) is 0 Å². The molecule has 0 fully saturated rings. The summed E-state index contributed by atoms with van der Waals surface area (Å²) >= 11 is 5.46. The lowest BCUT2D eigenvalue weighted by Crippen LogP contribution is -2.47. The normalized spacial score (nSPS) is 14.8. The van der Waals surface area contributed by atoms with E-state index in [1.807, 2.05) is 47.4 Å². The molecule has 0 unspecified atom stereocenters. The number of anilines is 1. The Labute approximate surface area is 124 Å². The fraction of sp³-hybridized carbons (Fsp3) is 0.125. The molecule has 0 atom stereocenters. The Morgan fingerprint density at radius 3 is 2.60 bits per heavy atom. The van der Waals surface area contributed by atoms with Crippen molar-refractivity contribution < 1.29 is 0 Å². The molecule has 20 heavy (non-hydrogen) atoms.